The van der Waals surface area contributed by atoms with Gasteiger partial charge in [-0.05, 0) is 74.0 Å². The van der Waals surface area contributed by atoms with Crippen LogP contribution in [0.5, 0.6) is 11.5 Å². The van der Waals surface area contributed by atoms with Crippen molar-refractivity contribution in [2.24, 2.45) is 5.92 Å². The summed E-state index contributed by atoms with van der Waals surface area (Å²) in [4.78, 5) is 0. The van der Waals surface area contributed by atoms with Gasteiger partial charge in [0.05, 0.1) is 0 Å². The summed E-state index contributed by atoms with van der Waals surface area (Å²) in [6, 6.07) is 5.32. The van der Waals surface area contributed by atoms with Crippen LogP contribution < -0.4 is 4.74 Å². The lowest BCUT2D eigenvalue weighted by atomic mass is 9.76. The topological polar surface area (TPSA) is 9.23 Å². The number of hydrogen-bond acceptors (Lipinski definition) is 1. The molecule has 29 heavy (non-hydrogen) atoms. The van der Waals surface area contributed by atoms with E-state index in [2.05, 4.69) is 6.58 Å². The van der Waals surface area contributed by atoms with Crippen LogP contribution in [0.15, 0.2) is 30.9 Å². The second kappa shape index (κ2) is 8.25. The van der Waals surface area contributed by atoms with E-state index in [-0.39, 0.29) is 17.4 Å². The van der Waals surface area contributed by atoms with E-state index in [1.54, 1.807) is 12.1 Å². The van der Waals surface area contributed by atoms with Gasteiger partial charge in [-0.3, -0.25) is 0 Å². The molecule has 154 valence electrons. The minimum absolute atomic E-state index is 0.0235. The highest BCUT2D eigenvalue weighted by atomic mass is 19.2. The molecule has 2 aliphatic rings. The lowest BCUT2D eigenvalue weighted by Crippen LogP contribution is -2.16. The molecule has 0 bridgehead atoms. The molecular weight excluding hydrogens is 373 g/mol. The normalized spacial score (nSPS) is 20.6. The van der Waals surface area contributed by atoms with E-state index in [1.165, 1.54) is 0 Å². The molecule has 0 aromatic heterocycles. The SMILES string of the molecule is C=CCCC1CCC(c2cc3c(c(F)c2F)Oc2c(ccc(CC)c2F)C3)CC1. The summed E-state index contributed by atoms with van der Waals surface area (Å²) in [5.74, 6) is -1.77. The molecule has 1 heterocycles. The number of benzene rings is 2. The number of rotatable bonds is 5. The van der Waals surface area contributed by atoms with Crippen molar-refractivity contribution in [3.8, 4) is 11.5 Å². The molecule has 1 aliphatic carbocycles. The van der Waals surface area contributed by atoms with Gasteiger partial charge in [-0.1, -0.05) is 25.1 Å². The molecule has 4 heteroatoms. The first-order chi connectivity index (χ1) is 14.0. The number of ether oxygens (including phenoxy) is 1. The quantitative estimate of drug-likeness (QED) is 0.401. The second-order valence-electron chi connectivity index (χ2n) is 8.32. The molecular formula is C25H27F3O. The van der Waals surface area contributed by atoms with Gasteiger partial charge < -0.3 is 4.74 Å². The largest absolute Gasteiger partial charge is 0.450 e. The van der Waals surface area contributed by atoms with Crippen LogP contribution in [0.3, 0.4) is 0 Å². The molecule has 1 saturated carbocycles. The van der Waals surface area contributed by atoms with Crippen molar-refractivity contribution in [1.29, 1.82) is 0 Å². The zero-order chi connectivity index (χ0) is 20.5. The highest BCUT2D eigenvalue weighted by Crippen LogP contribution is 2.45. The molecule has 2 aromatic carbocycles. The lowest BCUT2D eigenvalue weighted by molar-refractivity contribution is 0.304. The minimum Gasteiger partial charge on any atom is -0.450 e. The van der Waals surface area contributed by atoms with E-state index in [0.29, 0.717) is 41.0 Å². The third-order valence-corrected chi connectivity index (χ3v) is 6.56. The minimum atomic E-state index is -0.988. The van der Waals surface area contributed by atoms with Crippen LogP contribution in [0.1, 0.15) is 73.6 Å². The number of fused-ring (bicyclic) bond motifs is 2. The molecule has 0 saturated heterocycles. The summed E-state index contributed by atoms with van der Waals surface area (Å²) >= 11 is 0. The Balaban J connectivity index is 1.61. The molecule has 0 unspecified atom stereocenters. The Labute approximate surface area is 170 Å². The Morgan fingerprint density at radius 3 is 2.41 bits per heavy atom. The van der Waals surface area contributed by atoms with Crippen molar-refractivity contribution in [3.63, 3.8) is 0 Å². The molecule has 0 radical (unpaired) electrons. The van der Waals surface area contributed by atoms with Crippen molar-refractivity contribution in [2.75, 3.05) is 0 Å². The van der Waals surface area contributed by atoms with Crippen molar-refractivity contribution >= 4 is 0 Å². The van der Waals surface area contributed by atoms with Crippen LogP contribution in [0.2, 0.25) is 0 Å². The maximum atomic E-state index is 14.9. The third-order valence-electron chi connectivity index (χ3n) is 6.56. The average Bonchev–Trinajstić information content (AvgIpc) is 2.75. The predicted molar refractivity (Wildman–Crippen MR) is 109 cm³/mol. The molecule has 0 atom stereocenters. The summed E-state index contributed by atoms with van der Waals surface area (Å²) in [7, 11) is 0. The molecule has 0 spiro atoms. The Bertz CT molecular complexity index is 926. The van der Waals surface area contributed by atoms with E-state index in [1.807, 2.05) is 19.1 Å². The van der Waals surface area contributed by atoms with Gasteiger partial charge in [0.1, 0.15) is 0 Å². The summed E-state index contributed by atoms with van der Waals surface area (Å²) in [6.07, 6.45) is 8.71. The van der Waals surface area contributed by atoms with Gasteiger partial charge in [0, 0.05) is 17.5 Å². The fourth-order valence-corrected chi connectivity index (χ4v) is 4.81. The first-order valence-corrected chi connectivity index (χ1v) is 10.6. The standard InChI is InChI=1S/C25H27F3O/c1-3-5-6-15-7-9-17(10-8-15)20-14-19-13-18-12-11-16(4-2)21(26)24(18)29-25(19)23(28)22(20)27/h3,11-12,14-15,17H,1,4-10,13H2,2H3. The summed E-state index contributed by atoms with van der Waals surface area (Å²) in [5, 5.41) is 0. The lowest BCUT2D eigenvalue weighted by Gasteiger charge is -2.30. The average molecular weight is 400 g/mol. The van der Waals surface area contributed by atoms with E-state index < -0.39 is 17.5 Å². The Kier molecular flexibility index (Phi) is 5.71. The first kappa shape index (κ1) is 20.1. The molecule has 1 aliphatic heterocycles. The smallest absolute Gasteiger partial charge is 0.201 e. The fourth-order valence-electron chi connectivity index (χ4n) is 4.81. The molecule has 1 nitrogen and oxygen atoms in total. The van der Waals surface area contributed by atoms with Crippen LogP contribution in [0.4, 0.5) is 13.2 Å². The van der Waals surface area contributed by atoms with Crippen molar-refractivity contribution in [2.45, 2.75) is 64.2 Å². The highest BCUT2D eigenvalue weighted by Gasteiger charge is 2.31. The van der Waals surface area contributed by atoms with Gasteiger partial charge >= 0.3 is 0 Å². The molecule has 4 rings (SSSR count). The van der Waals surface area contributed by atoms with Crippen molar-refractivity contribution < 1.29 is 17.9 Å². The zero-order valence-electron chi connectivity index (χ0n) is 16.9. The predicted octanol–water partition coefficient (Wildman–Crippen LogP) is 7.60. The van der Waals surface area contributed by atoms with Gasteiger partial charge in [-0.15, -0.1) is 6.58 Å². The summed E-state index contributed by atoms with van der Waals surface area (Å²) in [6.45, 7) is 5.62. The molecule has 1 fully saturated rings. The number of allylic oxidation sites excluding steroid dienone is 1. The van der Waals surface area contributed by atoms with Crippen LogP contribution in [0, 0.1) is 23.4 Å². The third kappa shape index (κ3) is 3.70. The molecule has 0 N–H and O–H groups in total. The van der Waals surface area contributed by atoms with Gasteiger partial charge in [0.2, 0.25) is 5.82 Å². The Hall–Kier alpha value is -2.23. The monoisotopic (exact) mass is 400 g/mol. The number of halogens is 3. The van der Waals surface area contributed by atoms with Crippen LogP contribution >= 0.6 is 0 Å². The van der Waals surface area contributed by atoms with Gasteiger partial charge in [-0.2, -0.15) is 4.39 Å². The van der Waals surface area contributed by atoms with E-state index >= 15 is 0 Å². The van der Waals surface area contributed by atoms with Crippen LogP contribution in [0.25, 0.3) is 0 Å². The highest BCUT2D eigenvalue weighted by molar-refractivity contribution is 5.54. The Morgan fingerprint density at radius 2 is 1.72 bits per heavy atom. The van der Waals surface area contributed by atoms with Crippen molar-refractivity contribution in [1.82, 2.24) is 0 Å². The first-order valence-electron chi connectivity index (χ1n) is 10.6. The number of aryl methyl sites for hydroxylation is 1. The van der Waals surface area contributed by atoms with Crippen molar-refractivity contribution in [3.05, 3.63) is 70.6 Å². The number of hydrogen-bond donors (Lipinski definition) is 0. The molecule has 0 amide bonds. The van der Waals surface area contributed by atoms with Crippen LogP contribution in [-0.4, -0.2) is 0 Å². The van der Waals surface area contributed by atoms with Gasteiger partial charge in [0.15, 0.2) is 23.1 Å². The van der Waals surface area contributed by atoms with Crippen LogP contribution in [-0.2, 0) is 12.8 Å². The van der Waals surface area contributed by atoms with E-state index in [9.17, 15) is 13.2 Å². The second-order valence-corrected chi connectivity index (χ2v) is 8.32. The van der Waals surface area contributed by atoms with Gasteiger partial charge in [-0.25, -0.2) is 8.78 Å². The van der Waals surface area contributed by atoms with Gasteiger partial charge in [0.25, 0.3) is 0 Å². The zero-order valence-corrected chi connectivity index (χ0v) is 16.9. The summed E-state index contributed by atoms with van der Waals surface area (Å²) in [5.41, 5.74) is 2.24. The maximum absolute atomic E-state index is 14.9. The van der Waals surface area contributed by atoms with E-state index in [4.69, 9.17) is 4.74 Å². The summed E-state index contributed by atoms with van der Waals surface area (Å²) < 4.78 is 50.0. The Morgan fingerprint density at radius 1 is 1.00 bits per heavy atom. The molecule has 2 aromatic rings. The maximum Gasteiger partial charge on any atom is 0.201 e. The van der Waals surface area contributed by atoms with E-state index in [0.717, 1.165) is 38.5 Å². The fraction of sp³-hybridized carbons (Fsp3) is 0.440.